The van der Waals surface area contributed by atoms with Crippen molar-refractivity contribution in [2.75, 3.05) is 0 Å². The van der Waals surface area contributed by atoms with E-state index in [1.165, 1.54) is 18.2 Å². The molecule has 96 valence electrons. The van der Waals surface area contributed by atoms with E-state index in [1.54, 1.807) is 4.57 Å². The summed E-state index contributed by atoms with van der Waals surface area (Å²) in [6.45, 7) is 4.66. The lowest BCUT2D eigenvalue weighted by atomic mass is 10.1. The summed E-state index contributed by atoms with van der Waals surface area (Å²) in [4.78, 5) is 0. The van der Waals surface area contributed by atoms with Crippen LogP contribution in [0.1, 0.15) is 13.8 Å². The van der Waals surface area contributed by atoms with Gasteiger partial charge < -0.3 is 5.11 Å². The van der Waals surface area contributed by atoms with Crippen LogP contribution in [0, 0.1) is 16.5 Å². The number of hydrogen-bond donors (Lipinski definition) is 2. The molecule has 0 atom stereocenters. The first-order valence-corrected chi connectivity index (χ1v) is 6.04. The number of aromatic amines is 1. The van der Waals surface area contributed by atoms with E-state index in [0.717, 1.165) is 0 Å². The summed E-state index contributed by atoms with van der Waals surface area (Å²) < 4.78 is 15.9. The molecule has 1 aromatic heterocycles. The van der Waals surface area contributed by atoms with Gasteiger partial charge in [0.1, 0.15) is 11.6 Å². The van der Waals surface area contributed by atoms with Crippen LogP contribution in [0.15, 0.2) is 18.2 Å². The minimum absolute atomic E-state index is 0.0745. The minimum atomic E-state index is -0.519. The molecule has 0 unspecified atom stereocenters. The van der Waals surface area contributed by atoms with Crippen molar-refractivity contribution < 1.29 is 9.50 Å². The molecule has 0 aliphatic rings. The molecule has 1 aromatic carbocycles. The van der Waals surface area contributed by atoms with Gasteiger partial charge in [0.25, 0.3) is 0 Å². The van der Waals surface area contributed by atoms with Crippen molar-refractivity contribution in [2.45, 2.75) is 20.4 Å². The number of benzene rings is 1. The highest BCUT2D eigenvalue weighted by molar-refractivity contribution is 7.71. The Bertz CT molecular complexity index is 598. The Balaban J connectivity index is 2.61. The van der Waals surface area contributed by atoms with E-state index >= 15 is 0 Å². The predicted octanol–water partition coefficient (Wildman–Crippen LogP) is 3.11. The molecule has 2 N–H and O–H groups in total. The molecular weight excluding hydrogens is 253 g/mol. The lowest BCUT2D eigenvalue weighted by molar-refractivity contribution is 0.468. The lowest BCUT2D eigenvalue weighted by Crippen LogP contribution is -2.07. The van der Waals surface area contributed by atoms with E-state index in [2.05, 4.69) is 10.2 Å². The van der Waals surface area contributed by atoms with Crippen LogP contribution < -0.4 is 0 Å². The summed E-state index contributed by atoms with van der Waals surface area (Å²) >= 11 is 5.12. The maximum atomic E-state index is 13.8. The quantitative estimate of drug-likeness (QED) is 0.840. The fourth-order valence-corrected chi connectivity index (χ4v) is 1.98. The van der Waals surface area contributed by atoms with Crippen molar-refractivity contribution in [1.82, 2.24) is 14.8 Å². The molecule has 6 heteroatoms. The zero-order chi connectivity index (χ0) is 13.3. The number of nitrogens with one attached hydrogen (secondary N) is 1. The minimum Gasteiger partial charge on any atom is -0.507 e. The van der Waals surface area contributed by atoms with Crippen LogP contribution in [0.5, 0.6) is 5.75 Å². The fraction of sp³-hybridized carbons (Fsp3) is 0.333. The molecule has 18 heavy (non-hydrogen) atoms. The van der Waals surface area contributed by atoms with Crippen LogP contribution in [0.25, 0.3) is 11.4 Å². The molecule has 0 saturated heterocycles. The average Bonchev–Trinajstić information content (AvgIpc) is 2.61. The van der Waals surface area contributed by atoms with Crippen LogP contribution in [-0.2, 0) is 6.54 Å². The maximum Gasteiger partial charge on any atom is 0.195 e. The standard InChI is InChI=1S/C12H14FN3OS/c1-7(2)6-16-11(14-15-12(16)18)10-8(13)4-3-5-9(10)17/h3-5,7,17H,6H2,1-2H3,(H,15,18). The predicted molar refractivity (Wildman–Crippen MR) is 69.3 cm³/mol. The van der Waals surface area contributed by atoms with Crippen molar-refractivity contribution >= 4 is 12.2 Å². The molecule has 0 radical (unpaired) electrons. The van der Waals surface area contributed by atoms with E-state index < -0.39 is 5.82 Å². The lowest BCUT2D eigenvalue weighted by Gasteiger charge is -2.10. The van der Waals surface area contributed by atoms with Crippen molar-refractivity contribution in [3.05, 3.63) is 28.8 Å². The van der Waals surface area contributed by atoms with E-state index in [9.17, 15) is 9.50 Å². The highest BCUT2D eigenvalue weighted by atomic mass is 32.1. The number of aromatic hydroxyl groups is 1. The normalized spacial score (nSPS) is 11.1. The molecule has 0 aliphatic heterocycles. The van der Waals surface area contributed by atoms with Gasteiger partial charge in [-0.1, -0.05) is 19.9 Å². The van der Waals surface area contributed by atoms with Crippen LogP contribution in [0.2, 0.25) is 0 Å². The van der Waals surface area contributed by atoms with Crippen molar-refractivity contribution in [3.63, 3.8) is 0 Å². The molecule has 0 aliphatic carbocycles. The monoisotopic (exact) mass is 267 g/mol. The third-order valence-corrected chi connectivity index (χ3v) is 2.83. The van der Waals surface area contributed by atoms with Gasteiger partial charge in [-0.2, -0.15) is 5.10 Å². The van der Waals surface area contributed by atoms with Gasteiger partial charge in [0, 0.05) is 6.54 Å². The van der Waals surface area contributed by atoms with Crippen LogP contribution in [0.4, 0.5) is 4.39 Å². The first-order valence-electron chi connectivity index (χ1n) is 5.63. The third kappa shape index (κ3) is 2.28. The topological polar surface area (TPSA) is 53.8 Å². The second-order valence-electron chi connectivity index (χ2n) is 4.49. The molecule has 2 rings (SSSR count). The van der Waals surface area contributed by atoms with Gasteiger partial charge in [0.15, 0.2) is 10.6 Å². The van der Waals surface area contributed by atoms with Crippen molar-refractivity contribution in [3.8, 4) is 17.1 Å². The molecule has 0 bridgehead atoms. The molecule has 4 nitrogen and oxygen atoms in total. The zero-order valence-corrected chi connectivity index (χ0v) is 11.0. The van der Waals surface area contributed by atoms with Crippen molar-refractivity contribution in [2.24, 2.45) is 5.92 Å². The Hall–Kier alpha value is -1.69. The average molecular weight is 267 g/mol. The maximum absolute atomic E-state index is 13.8. The largest absolute Gasteiger partial charge is 0.507 e. The first kappa shape index (κ1) is 12.8. The number of aromatic nitrogens is 3. The van der Waals surface area contributed by atoms with E-state index in [4.69, 9.17) is 12.2 Å². The summed E-state index contributed by atoms with van der Waals surface area (Å²) in [7, 11) is 0. The third-order valence-electron chi connectivity index (χ3n) is 2.52. The van der Waals surface area contributed by atoms with Gasteiger partial charge in [0.05, 0.1) is 5.56 Å². The number of H-pyrrole nitrogens is 1. The smallest absolute Gasteiger partial charge is 0.195 e. The first-order chi connectivity index (χ1) is 8.50. The van der Waals surface area contributed by atoms with Crippen molar-refractivity contribution in [1.29, 1.82) is 0 Å². The summed E-state index contributed by atoms with van der Waals surface area (Å²) in [6, 6.07) is 4.16. The second-order valence-corrected chi connectivity index (χ2v) is 4.88. The Kier molecular flexibility index (Phi) is 3.47. The zero-order valence-electron chi connectivity index (χ0n) is 10.1. The van der Waals surface area contributed by atoms with E-state index in [0.29, 0.717) is 23.1 Å². The number of hydrogen-bond acceptors (Lipinski definition) is 3. The molecule has 0 fully saturated rings. The highest BCUT2D eigenvalue weighted by Gasteiger charge is 2.17. The van der Waals surface area contributed by atoms with Gasteiger partial charge in [-0.05, 0) is 30.3 Å². The second kappa shape index (κ2) is 4.89. The number of phenolic OH excluding ortho intramolecular Hbond substituents is 1. The number of phenols is 1. The van der Waals surface area contributed by atoms with Crippen LogP contribution in [-0.4, -0.2) is 19.9 Å². The summed E-state index contributed by atoms with van der Waals surface area (Å²) in [5, 5.41) is 16.4. The molecular formula is C12H14FN3OS. The fourth-order valence-electron chi connectivity index (χ4n) is 1.78. The van der Waals surface area contributed by atoms with Gasteiger partial charge in [-0.3, -0.25) is 9.67 Å². The summed E-state index contributed by atoms with van der Waals surface area (Å²) in [5.41, 5.74) is 0.0745. The Morgan fingerprint density at radius 3 is 2.83 bits per heavy atom. The van der Waals surface area contributed by atoms with Gasteiger partial charge in [0.2, 0.25) is 0 Å². The van der Waals surface area contributed by atoms with E-state index in [-0.39, 0.29) is 11.3 Å². The Labute approximate surface area is 109 Å². The Morgan fingerprint density at radius 2 is 2.22 bits per heavy atom. The molecule has 0 spiro atoms. The summed E-state index contributed by atoms with van der Waals surface area (Å²) in [6.07, 6.45) is 0. The summed E-state index contributed by atoms with van der Waals surface area (Å²) in [5.74, 6) is -0.00530. The van der Waals surface area contributed by atoms with Gasteiger partial charge in [-0.25, -0.2) is 4.39 Å². The van der Waals surface area contributed by atoms with E-state index in [1.807, 2.05) is 13.8 Å². The van der Waals surface area contributed by atoms with Crippen LogP contribution in [0.3, 0.4) is 0 Å². The van der Waals surface area contributed by atoms with Gasteiger partial charge >= 0.3 is 0 Å². The molecule has 0 amide bonds. The molecule has 2 aromatic rings. The SMILES string of the molecule is CC(C)Cn1c(-c2c(O)cccc2F)n[nH]c1=S. The number of halogens is 1. The highest BCUT2D eigenvalue weighted by Crippen LogP contribution is 2.30. The van der Waals surface area contributed by atoms with Gasteiger partial charge in [-0.15, -0.1) is 0 Å². The van der Waals surface area contributed by atoms with Crippen LogP contribution >= 0.6 is 12.2 Å². The number of rotatable bonds is 3. The molecule has 0 saturated carbocycles. The Morgan fingerprint density at radius 1 is 1.50 bits per heavy atom. The molecule has 1 heterocycles. The number of nitrogens with zero attached hydrogens (tertiary/aromatic N) is 2.